The van der Waals surface area contributed by atoms with E-state index in [2.05, 4.69) is 0 Å². The van der Waals surface area contributed by atoms with E-state index < -0.39 is 17.5 Å². The van der Waals surface area contributed by atoms with Gasteiger partial charge in [0, 0.05) is 11.1 Å². The number of ether oxygens (including phenoxy) is 2. The van der Waals surface area contributed by atoms with Gasteiger partial charge in [-0.3, -0.25) is 4.79 Å². The van der Waals surface area contributed by atoms with Crippen LogP contribution in [0.15, 0.2) is 66.7 Å². The van der Waals surface area contributed by atoms with Gasteiger partial charge >= 0.3 is 11.9 Å². The lowest BCUT2D eigenvalue weighted by Crippen LogP contribution is -2.32. The maximum absolute atomic E-state index is 12.6. The third kappa shape index (κ3) is 2.46. The third-order valence-electron chi connectivity index (χ3n) is 4.77. The fourth-order valence-electron chi connectivity index (χ4n) is 3.70. The summed E-state index contributed by atoms with van der Waals surface area (Å²) < 4.78 is 11.1. The molecule has 130 valence electrons. The Hall–Kier alpha value is -3.14. The van der Waals surface area contributed by atoms with E-state index in [1.165, 1.54) is 0 Å². The van der Waals surface area contributed by atoms with E-state index in [0.29, 0.717) is 11.1 Å². The standard InChI is InChI=1S/C22H18O4/c1-2-25-20(23)14-22(19-12-6-5-11-17(19)21(24)26-22)18-13-7-9-15-8-3-4-10-16(15)18/h3-13H,2,14H2,1H3/t22-/m0/s1. The second-order valence-electron chi connectivity index (χ2n) is 6.27. The molecule has 1 atom stereocenters. The molecule has 3 aromatic carbocycles. The zero-order valence-corrected chi connectivity index (χ0v) is 14.4. The number of esters is 2. The summed E-state index contributed by atoms with van der Waals surface area (Å²) in [5.41, 5.74) is 0.807. The third-order valence-corrected chi connectivity index (χ3v) is 4.77. The van der Waals surface area contributed by atoms with E-state index in [0.717, 1.165) is 16.3 Å². The van der Waals surface area contributed by atoms with Crippen LogP contribution in [0.25, 0.3) is 10.8 Å². The largest absolute Gasteiger partial charge is 0.466 e. The second-order valence-corrected chi connectivity index (χ2v) is 6.27. The van der Waals surface area contributed by atoms with E-state index in [4.69, 9.17) is 9.47 Å². The van der Waals surface area contributed by atoms with Gasteiger partial charge in [0.05, 0.1) is 18.6 Å². The molecule has 0 bridgehead atoms. The molecule has 0 spiro atoms. The molecule has 1 aliphatic rings. The normalized spacial score (nSPS) is 18.4. The maximum Gasteiger partial charge on any atom is 0.339 e. The summed E-state index contributed by atoms with van der Waals surface area (Å²) in [6.45, 7) is 2.04. The molecule has 0 saturated carbocycles. The van der Waals surface area contributed by atoms with Crippen molar-refractivity contribution in [2.75, 3.05) is 6.61 Å². The number of hydrogen-bond donors (Lipinski definition) is 0. The van der Waals surface area contributed by atoms with Gasteiger partial charge in [0.25, 0.3) is 0 Å². The van der Waals surface area contributed by atoms with Gasteiger partial charge in [-0.2, -0.15) is 0 Å². The molecule has 0 amide bonds. The lowest BCUT2D eigenvalue weighted by molar-refractivity contribution is -0.147. The number of benzene rings is 3. The lowest BCUT2D eigenvalue weighted by atomic mass is 9.80. The van der Waals surface area contributed by atoms with Gasteiger partial charge in [0.1, 0.15) is 0 Å². The number of carbonyl (C=O) groups is 2. The Bertz CT molecular complexity index is 1000. The number of fused-ring (bicyclic) bond motifs is 2. The van der Waals surface area contributed by atoms with Crippen LogP contribution in [0.4, 0.5) is 0 Å². The number of cyclic esters (lactones) is 1. The van der Waals surface area contributed by atoms with Crippen molar-refractivity contribution in [1.82, 2.24) is 0 Å². The molecule has 0 N–H and O–H groups in total. The Morgan fingerprint density at radius 3 is 2.50 bits per heavy atom. The van der Waals surface area contributed by atoms with Crippen LogP contribution in [0.2, 0.25) is 0 Å². The molecule has 0 aliphatic carbocycles. The molecular weight excluding hydrogens is 328 g/mol. The van der Waals surface area contributed by atoms with E-state index in [-0.39, 0.29) is 13.0 Å². The first kappa shape index (κ1) is 16.3. The molecule has 3 aromatic rings. The number of carbonyl (C=O) groups excluding carboxylic acids is 2. The van der Waals surface area contributed by atoms with Gasteiger partial charge in [-0.05, 0) is 23.8 Å². The van der Waals surface area contributed by atoms with E-state index in [1.807, 2.05) is 54.6 Å². The Morgan fingerprint density at radius 2 is 1.65 bits per heavy atom. The zero-order chi connectivity index (χ0) is 18.1. The Kier molecular flexibility index (Phi) is 3.96. The topological polar surface area (TPSA) is 52.6 Å². The Labute approximate surface area is 151 Å². The van der Waals surface area contributed by atoms with Crippen molar-refractivity contribution in [3.63, 3.8) is 0 Å². The van der Waals surface area contributed by atoms with Crippen LogP contribution in [0.1, 0.15) is 34.8 Å². The highest BCUT2D eigenvalue weighted by atomic mass is 16.6. The molecule has 0 saturated heterocycles. The minimum atomic E-state index is -1.18. The SMILES string of the molecule is CCOC(=O)C[C@@]1(c2cccc3ccccc23)OC(=O)c2ccccc21. The summed E-state index contributed by atoms with van der Waals surface area (Å²) >= 11 is 0. The second kappa shape index (κ2) is 6.30. The van der Waals surface area contributed by atoms with Crippen LogP contribution in [0.5, 0.6) is 0 Å². The van der Waals surface area contributed by atoms with Gasteiger partial charge in [-0.15, -0.1) is 0 Å². The van der Waals surface area contributed by atoms with Gasteiger partial charge in [0.15, 0.2) is 5.60 Å². The first-order chi connectivity index (χ1) is 12.7. The van der Waals surface area contributed by atoms with Crippen LogP contribution >= 0.6 is 0 Å². The Morgan fingerprint density at radius 1 is 0.962 bits per heavy atom. The fourth-order valence-corrected chi connectivity index (χ4v) is 3.70. The highest BCUT2D eigenvalue weighted by Gasteiger charge is 2.49. The van der Waals surface area contributed by atoms with Gasteiger partial charge < -0.3 is 9.47 Å². The summed E-state index contributed by atoms with van der Waals surface area (Å²) in [5, 5.41) is 1.97. The maximum atomic E-state index is 12.6. The molecule has 1 aliphatic heterocycles. The smallest absolute Gasteiger partial charge is 0.339 e. The molecule has 0 unspecified atom stereocenters. The Balaban J connectivity index is 1.99. The first-order valence-electron chi connectivity index (χ1n) is 8.62. The van der Waals surface area contributed by atoms with Gasteiger partial charge in [-0.25, -0.2) is 4.79 Å². The predicted octanol–water partition coefficient (Wildman–Crippen LogP) is 4.21. The van der Waals surface area contributed by atoms with Crippen molar-refractivity contribution in [2.45, 2.75) is 18.9 Å². The molecule has 26 heavy (non-hydrogen) atoms. The number of hydrogen-bond acceptors (Lipinski definition) is 4. The lowest BCUT2D eigenvalue weighted by Gasteiger charge is -2.29. The van der Waals surface area contributed by atoms with Crippen molar-refractivity contribution in [2.24, 2.45) is 0 Å². The minimum Gasteiger partial charge on any atom is -0.466 e. The first-order valence-corrected chi connectivity index (χ1v) is 8.62. The molecule has 1 heterocycles. The molecule has 4 heteroatoms. The molecule has 0 radical (unpaired) electrons. The van der Waals surface area contributed by atoms with Gasteiger partial charge in [0.2, 0.25) is 0 Å². The molecular formula is C22H18O4. The monoisotopic (exact) mass is 346 g/mol. The highest BCUT2D eigenvalue weighted by Crippen LogP contribution is 2.46. The van der Waals surface area contributed by atoms with E-state index >= 15 is 0 Å². The van der Waals surface area contributed by atoms with Crippen molar-refractivity contribution in [3.8, 4) is 0 Å². The fraction of sp³-hybridized carbons (Fsp3) is 0.182. The summed E-state index contributed by atoms with van der Waals surface area (Å²) in [4.78, 5) is 25.0. The summed E-state index contributed by atoms with van der Waals surface area (Å²) in [6, 6.07) is 20.9. The van der Waals surface area contributed by atoms with Crippen molar-refractivity contribution in [3.05, 3.63) is 83.4 Å². The van der Waals surface area contributed by atoms with Crippen LogP contribution in [-0.4, -0.2) is 18.5 Å². The van der Waals surface area contributed by atoms with Crippen LogP contribution in [0.3, 0.4) is 0 Å². The van der Waals surface area contributed by atoms with Crippen molar-refractivity contribution >= 4 is 22.7 Å². The number of rotatable bonds is 4. The van der Waals surface area contributed by atoms with E-state index in [1.54, 1.807) is 19.1 Å². The van der Waals surface area contributed by atoms with E-state index in [9.17, 15) is 9.59 Å². The average molecular weight is 346 g/mol. The molecule has 0 fully saturated rings. The predicted molar refractivity (Wildman–Crippen MR) is 97.8 cm³/mol. The quantitative estimate of drug-likeness (QED) is 0.664. The van der Waals surface area contributed by atoms with Crippen LogP contribution < -0.4 is 0 Å². The van der Waals surface area contributed by atoms with Crippen molar-refractivity contribution in [1.29, 1.82) is 0 Å². The minimum absolute atomic E-state index is 0.0579. The molecule has 0 aromatic heterocycles. The molecule has 4 nitrogen and oxygen atoms in total. The molecule has 4 rings (SSSR count). The summed E-state index contributed by atoms with van der Waals surface area (Å²) in [7, 11) is 0. The van der Waals surface area contributed by atoms with Crippen LogP contribution in [0, 0.1) is 0 Å². The average Bonchev–Trinajstić information content (AvgIpc) is 2.94. The van der Waals surface area contributed by atoms with Crippen LogP contribution in [-0.2, 0) is 19.9 Å². The van der Waals surface area contributed by atoms with Gasteiger partial charge in [-0.1, -0.05) is 60.7 Å². The van der Waals surface area contributed by atoms with Crippen molar-refractivity contribution < 1.29 is 19.1 Å². The summed E-state index contributed by atoms with van der Waals surface area (Å²) in [6.07, 6.45) is -0.0579. The highest BCUT2D eigenvalue weighted by molar-refractivity contribution is 5.98. The summed E-state index contributed by atoms with van der Waals surface area (Å²) in [5.74, 6) is -0.817. The zero-order valence-electron chi connectivity index (χ0n) is 14.4.